The summed E-state index contributed by atoms with van der Waals surface area (Å²) in [5.41, 5.74) is 2.61. The Hall–Kier alpha value is -2.92. The summed E-state index contributed by atoms with van der Waals surface area (Å²) in [5.74, 6) is 2.52. The summed E-state index contributed by atoms with van der Waals surface area (Å²) < 4.78 is 5.42. The number of hydrogen-bond donors (Lipinski definition) is 0. The summed E-state index contributed by atoms with van der Waals surface area (Å²) in [7, 11) is 0. The van der Waals surface area contributed by atoms with Gasteiger partial charge in [-0.3, -0.25) is 0 Å². The average Bonchev–Trinajstić information content (AvgIpc) is 2.74. The molecule has 0 atom stereocenters. The van der Waals surface area contributed by atoms with Crippen molar-refractivity contribution in [2.24, 2.45) is 0 Å². The highest BCUT2D eigenvalue weighted by Crippen LogP contribution is 2.24. The molecule has 0 bridgehead atoms. The maximum absolute atomic E-state index is 9.55. The molecule has 0 radical (unpaired) electrons. The van der Waals surface area contributed by atoms with Crippen LogP contribution in [0.3, 0.4) is 0 Å². The molecule has 2 aromatic rings. The molecule has 0 N–H and O–H groups in total. The van der Waals surface area contributed by atoms with Gasteiger partial charge in [-0.05, 0) is 31.5 Å². The van der Waals surface area contributed by atoms with Gasteiger partial charge >= 0.3 is 0 Å². The first kappa shape index (κ1) is 18.4. The first-order valence-electron chi connectivity index (χ1n) is 9.69. The Labute approximate surface area is 165 Å². The first-order chi connectivity index (χ1) is 13.7. The third-order valence-electron chi connectivity index (χ3n) is 5.26. The molecule has 4 rings (SSSR count). The van der Waals surface area contributed by atoms with Gasteiger partial charge in [-0.2, -0.15) is 10.2 Å². The molecule has 0 unspecified atom stereocenters. The van der Waals surface area contributed by atoms with Crippen LogP contribution in [0.2, 0.25) is 0 Å². The van der Waals surface area contributed by atoms with E-state index in [0.29, 0.717) is 5.56 Å². The third kappa shape index (κ3) is 3.71. The van der Waals surface area contributed by atoms with E-state index in [1.54, 1.807) is 0 Å². The summed E-state index contributed by atoms with van der Waals surface area (Å²) in [6, 6.07) is 6.25. The number of piperazine rings is 1. The van der Waals surface area contributed by atoms with Crippen LogP contribution in [0.25, 0.3) is 0 Å². The van der Waals surface area contributed by atoms with E-state index >= 15 is 0 Å². The van der Waals surface area contributed by atoms with Crippen molar-refractivity contribution in [3.05, 3.63) is 35.2 Å². The minimum atomic E-state index is 0.677. The average molecular weight is 379 g/mol. The van der Waals surface area contributed by atoms with Gasteiger partial charge in [0.1, 0.15) is 17.7 Å². The number of morpholine rings is 1. The van der Waals surface area contributed by atoms with Gasteiger partial charge in [0.25, 0.3) is 0 Å². The van der Waals surface area contributed by atoms with Crippen LogP contribution in [-0.2, 0) is 4.74 Å². The van der Waals surface area contributed by atoms with Gasteiger partial charge in [0.15, 0.2) is 0 Å². The van der Waals surface area contributed by atoms with Gasteiger partial charge in [-0.1, -0.05) is 0 Å². The van der Waals surface area contributed by atoms with Crippen molar-refractivity contribution >= 4 is 17.6 Å². The molecule has 4 heterocycles. The number of nitriles is 1. The predicted molar refractivity (Wildman–Crippen MR) is 108 cm³/mol. The van der Waals surface area contributed by atoms with E-state index in [4.69, 9.17) is 9.72 Å². The van der Waals surface area contributed by atoms with E-state index in [1.165, 1.54) is 0 Å². The molecule has 2 aliphatic rings. The zero-order valence-corrected chi connectivity index (χ0v) is 16.4. The van der Waals surface area contributed by atoms with Crippen molar-refractivity contribution in [2.75, 3.05) is 67.2 Å². The van der Waals surface area contributed by atoms with Gasteiger partial charge < -0.3 is 19.4 Å². The minimum absolute atomic E-state index is 0.677. The van der Waals surface area contributed by atoms with Gasteiger partial charge in [0.05, 0.1) is 18.8 Å². The summed E-state index contributed by atoms with van der Waals surface area (Å²) in [5, 5.41) is 9.55. The van der Waals surface area contributed by atoms with Crippen molar-refractivity contribution in [2.45, 2.75) is 13.8 Å². The van der Waals surface area contributed by atoms with Crippen molar-refractivity contribution in [1.29, 1.82) is 5.26 Å². The Kier molecular flexibility index (Phi) is 5.26. The molecule has 8 nitrogen and oxygen atoms in total. The lowest BCUT2D eigenvalue weighted by Gasteiger charge is -2.37. The van der Waals surface area contributed by atoms with E-state index in [-0.39, 0.29) is 0 Å². The molecule has 2 saturated heterocycles. The number of ether oxygens (including phenoxy) is 1. The standard InChI is InChI=1S/C20H25N7O/c1-15-13-16(2)23-19(17(15)14-21)26-7-5-25(6-8-26)18-3-4-22-20(24-18)27-9-11-28-12-10-27/h3-4,13H,5-12H2,1-2H3. The number of hydrogen-bond acceptors (Lipinski definition) is 8. The molecule has 0 amide bonds. The van der Waals surface area contributed by atoms with Crippen LogP contribution >= 0.6 is 0 Å². The number of aromatic nitrogens is 3. The van der Waals surface area contributed by atoms with Gasteiger partial charge in [0.2, 0.25) is 5.95 Å². The van der Waals surface area contributed by atoms with E-state index in [9.17, 15) is 5.26 Å². The van der Waals surface area contributed by atoms with Gasteiger partial charge in [-0.15, -0.1) is 0 Å². The van der Waals surface area contributed by atoms with Crippen LogP contribution in [0.15, 0.2) is 18.3 Å². The summed E-state index contributed by atoms with van der Waals surface area (Å²) in [6.07, 6.45) is 1.83. The number of nitrogens with zero attached hydrogens (tertiary/aromatic N) is 7. The molecule has 0 saturated carbocycles. The smallest absolute Gasteiger partial charge is 0.227 e. The lowest BCUT2D eigenvalue weighted by Crippen LogP contribution is -2.47. The van der Waals surface area contributed by atoms with Crippen LogP contribution in [0, 0.1) is 25.2 Å². The summed E-state index contributed by atoms with van der Waals surface area (Å²) in [6.45, 7) is 10.3. The Morgan fingerprint density at radius 3 is 2.39 bits per heavy atom. The molecule has 28 heavy (non-hydrogen) atoms. The fourth-order valence-corrected chi connectivity index (χ4v) is 3.76. The molecular formula is C20H25N7O. The quantitative estimate of drug-likeness (QED) is 0.794. The fourth-order valence-electron chi connectivity index (χ4n) is 3.76. The van der Waals surface area contributed by atoms with E-state index in [1.807, 2.05) is 32.2 Å². The van der Waals surface area contributed by atoms with Crippen molar-refractivity contribution < 1.29 is 4.74 Å². The SMILES string of the molecule is Cc1cc(C)c(C#N)c(N2CCN(c3ccnc(N4CCOCC4)n3)CC2)n1. The van der Waals surface area contributed by atoms with Gasteiger partial charge in [0, 0.05) is 51.2 Å². The van der Waals surface area contributed by atoms with Gasteiger partial charge in [-0.25, -0.2) is 9.97 Å². The normalized spacial score (nSPS) is 17.5. The fraction of sp³-hybridized carbons (Fsp3) is 0.500. The molecule has 0 aromatic carbocycles. The minimum Gasteiger partial charge on any atom is -0.378 e. The molecule has 2 aromatic heterocycles. The maximum atomic E-state index is 9.55. The molecule has 146 valence electrons. The topological polar surface area (TPSA) is 81.4 Å². The van der Waals surface area contributed by atoms with Crippen LogP contribution in [0.1, 0.15) is 16.8 Å². The Balaban J connectivity index is 1.47. The Bertz CT molecular complexity index is 881. The monoisotopic (exact) mass is 379 g/mol. The number of rotatable bonds is 3. The van der Waals surface area contributed by atoms with Crippen molar-refractivity contribution in [3.8, 4) is 6.07 Å². The third-order valence-corrected chi connectivity index (χ3v) is 5.26. The van der Waals surface area contributed by atoms with Crippen LogP contribution < -0.4 is 14.7 Å². The Morgan fingerprint density at radius 1 is 0.964 bits per heavy atom. The van der Waals surface area contributed by atoms with E-state index < -0.39 is 0 Å². The zero-order chi connectivity index (χ0) is 19.5. The van der Waals surface area contributed by atoms with Crippen LogP contribution in [0.5, 0.6) is 0 Å². The summed E-state index contributed by atoms with van der Waals surface area (Å²) >= 11 is 0. The second kappa shape index (κ2) is 7.98. The molecule has 0 aliphatic carbocycles. The summed E-state index contributed by atoms with van der Waals surface area (Å²) in [4.78, 5) is 20.5. The highest BCUT2D eigenvalue weighted by molar-refractivity contribution is 5.59. The number of anilines is 3. The lowest BCUT2D eigenvalue weighted by molar-refractivity contribution is 0.122. The van der Waals surface area contributed by atoms with E-state index in [0.717, 1.165) is 81.3 Å². The highest BCUT2D eigenvalue weighted by atomic mass is 16.5. The second-order valence-corrected chi connectivity index (χ2v) is 7.18. The Morgan fingerprint density at radius 2 is 1.68 bits per heavy atom. The molecule has 2 fully saturated rings. The predicted octanol–water partition coefficient (Wildman–Crippen LogP) is 1.52. The number of aryl methyl sites for hydroxylation is 2. The van der Waals surface area contributed by atoms with Crippen molar-refractivity contribution in [3.63, 3.8) is 0 Å². The van der Waals surface area contributed by atoms with Crippen LogP contribution in [0.4, 0.5) is 17.6 Å². The molecule has 0 spiro atoms. The maximum Gasteiger partial charge on any atom is 0.227 e. The van der Waals surface area contributed by atoms with E-state index in [2.05, 4.69) is 30.7 Å². The molecular weight excluding hydrogens is 354 g/mol. The lowest BCUT2D eigenvalue weighted by atomic mass is 10.1. The van der Waals surface area contributed by atoms with Crippen LogP contribution in [-0.4, -0.2) is 67.4 Å². The first-order valence-corrected chi connectivity index (χ1v) is 9.69. The zero-order valence-electron chi connectivity index (χ0n) is 16.4. The van der Waals surface area contributed by atoms with Crippen molar-refractivity contribution in [1.82, 2.24) is 15.0 Å². The largest absolute Gasteiger partial charge is 0.378 e. The molecule has 2 aliphatic heterocycles. The number of pyridine rings is 1. The molecule has 8 heteroatoms. The second-order valence-electron chi connectivity index (χ2n) is 7.18. The highest BCUT2D eigenvalue weighted by Gasteiger charge is 2.23.